The summed E-state index contributed by atoms with van der Waals surface area (Å²) >= 11 is 0. The van der Waals surface area contributed by atoms with Gasteiger partial charge < -0.3 is 0 Å². The molecule has 0 aliphatic rings. The highest BCUT2D eigenvalue weighted by Crippen LogP contribution is 2.45. The van der Waals surface area contributed by atoms with Gasteiger partial charge in [-0.15, -0.1) is 32.8 Å². The number of hydrogen-bond acceptors (Lipinski definition) is 0. The lowest BCUT2D eigenvalue weighted by molar-refractivity contribution is 1.72. The smallest absolute Gasteiger partial charge is 0.110 e. The van der Waals surface area contributed by atoms with Crippen LogP contribution in [0.5, 0.6) is 0 Å². The van der Waals surface area contributed by atoms with Crippen LogP contribution in [0.2, 0.25) is 0 Å². The molecular weight excluding hydrogens is 728 g/mol. The molecule has 0 aliphatic carbocycles. The number of hydrogen-bond donors (Lipinski definition) is 0. The van der Waals surface area contributed by atoms with E-state index < -0.39 is 0 Å². The van der Waals surface area contributed by atoms with Crippen molar-refractivity contribution in [1.29, 1.82) is 0 Å². The van der Waals surface area contributed by atoms with E-state index >= 15 is 0 Å². The molecule has 0 fully saturated rings. The van der Waals surface area contributed by atoms with Crippen LogP contribution in [-0.2, 0) is 0 Å². The molecule has 0 N–H and O–H groups in total. The first-order chi connectivity index (χ1) is 29.6. The fourth-order valence-electron chi connectivity index (χ4n) is 9.52. The Hall–Kier alpha value is -5.33. The van der Waals surface area contributed by atoms with Crippen molar-refractivity contribution < 1.29 is 0 Å². The van der Waals surface area contributed by atoms with Gasteiger partial charge in [-0.2, -0.15) is 0 Å². The molecule has 0 atom stereocenters. The lowest BCUT2D eigenvalue weighted by Gasteiger charge is -2.32. The van der Waals surface area contributed by atoms with Gasteiger partial charge in [0.1, 0.15) is 110 Å². The van der Waals surface area contributed by atoms with Crippen molar-refractivity contribution in [3.8, 4) is 33.4 Å². The summed E-state index contributed by atoms with van der Waals surface area (Å²) in [6, 6.07) is 31.9. The van der Waals surface area contributed by atoms with Crippen LogP contribution in [0.1, 0.15) is 0 Å². The SMILES string of the molecule is [B]c1c([B])c([B])c2c(-c3c4c([B])c([B])c([B])c([B])c4c(-c4cc5ccccc5c5ccccc45)c4c([B])c([B])c([B])c([B])c34)c([B])c([B])c(-c3ccc4ccccc4c3)c2c1[B]. The van der Waals surface area contributed by atoms with Crippen molar-refractivity contribution in [3.63, 3.8) is 0 Å². The molecule has 250 valence electrons. The quantitative estimate of drug-likeness (QED) is 0.101. The molecule has 14 heteroatoms. The molecule has 0 aromatic heterocycles. The highest BCUT2D eigenvalue weighted by atomic mass is 14.3. The first kappa shape index (κ1) is 40.7. The van der Waals surface area contributed by atoms with Crippen LogP contribution in [0, 0.1) is 0 Å². The Morgan fingerprint density at radius 2 is 0.597 bits per heavy atom. The normalized spacial score (nSPS) is 11.8. The zero-order valence-electron chi connectivity index (χ0n) is 33.3. The third-order valence-corrected chi connectivity index (χ3v) is 12.6. The summed E-state index contributed by atoms with van der Waals surface area (Å²) in [4.78, 5) is 0. The molecule has 0 amide bonds. The van der Waals surface area contributed by atoms with Crippen LogP contribution in [0.25, 0.3) is 98.0 Å². The van der Waals surface area contributed by atoms with Gasteiger partial charge in [-0.1, -0.05) is 129 Å². The lowest BCUT2D eigenvalue weighted by Crippen LogP contribution is -2.50. The molecule has 0 saturated carbocycles. The van der Waals surface area contributed by atoms with E-state index in [4.69, 9.17) is 110 Å². The fourth-order valence-corrected chi connectivity index (χ4v) is 9.52. The summed E-state index contributed by atoms with van der Waals surface area (Å²) < 4.78 is 0. The predicted molar refractivity (Wildman–Crippen MR) is 283 cm³/mol. The Morgan fingerprint density at radius 3 is 1.11 bits per heavy atom. The van der Waals surface area contributed by atoms with E-state index in [9.17, 15) is 0 Å². The molecule has 10 aromatic carbocycles. The Labute approximate surface area is 379 Å². The average Bonchev–Trinajstić information content (AvgIpc) is 3.29. The van der Waals surface area contributed by atoms with E-state index in [-0.39, 0.29) is 87.6 Å². The Bertz CT molecular complexity index is 3610. The Kier molecular flexibility index (Phi) is 9.60. The highest BCUT2D eigenvalue weighted by molar-refractivity contribution is 6.73. The third kappa shape index (κ3) is 5.54. The molecule has 0 saturated heterocycles. The van der Waals surface area contributed by atoms with E-state index in [1.165, 1.54) is 0 Å². The van der Waals surface area contributed by atoms with Crippen molar-refractivity contribution in [3.05, 3.63) is 97.1 Å². The van der Waals surface area contributed by atoms with Crippen LogP contribution in [0.4, 0.5) is 0 Å². The molecule has 62 heavy (non-hydrogen) atoms. The van der Waals surface area contributed by atoms with Crippen molar-refractivity contribution in [2.24, 2.45) is 0 Å². The summed E-state index contributed by atoms with van der Waals surface area (Å²) in [5, 5.41) is 7.78. The standard InChI is InChI=1S/C48H16B14/c49-35-25(20-14-13-17-7-1-2-8-18(17)15-20)28-34(42(56)48(62)43(57)37(28)51)33(36(35)50)27-31-29(38(52)44(58)46(60)40(31)54)26(30-32(27)41(55)47(61)45(59)39(30)53)24-16-19-9-3-4-10-21(19)22-11-5-6-12-23(22)24/h1-16H. The van der Waals surface area contributed by atoms with Gasteiger partial charge in [0, 0.05) is 0 Å². The molecular formula is C48H16B14. The summed E-state index contributed by atoms with van der Waals surface area (Å²) in [7, 11) is 97.8. The lowest BCUT2D eigenvalue weighted by atomic mass is 9.57. The molecule has 0 aliphatic heterocycles. The number of benzene rings is 10. The van der Waals surface area contributed by atoms with Gasteiger partial charge >= 0.3 is 0 Å². The Balaban J connectivity index is 1.53. The molecule has 0 heterocycles. The molecule has 0 bridgehead atoms. The van der Waals surface area contributed by atoms with Gasteiger partial charge in [-0.25, -0.2) is 0 Å². The van der Waals surface area contributed by atoms with Crippen LogP contribution in [0.15, 0.2) is 97.1 Å². The van der Waals surface area contributed by atoms with Gasteiger partial charge in [-0.05, 0) is 110 Å². The maximum Gasteiger partial charge on any atom is 0.113 e. The number of rotatable bonds is 3. The van der Waals surface area contributed by atoms with E-state index in [0.29, 0.717) is 49.0 Å². The molecule has 0 unspecified atom stereocenters. The first-order valence-corrected chi connectivity index (χ1v) is 19.6. The predicted octanol–water partition coefficient (Wildman–Crippen LogP) is -3.28. The molecule has 10 aromatic rings. The Morgan fingerprint density at radius 1 is 0.226 bits per heavy atom. The summed E-state index contributed by atoms with van der Waals surface area (Å²) in [6.45, 7) is 0. The van der Waals surface area contributed by atoms with E-state index in [0.717, 1.165) is 37.9 Å². The van der Waals surface area contributed by atoms with Crippen molar-refractivity contribution in [2.75, 3.05) is 0 Å². The summed E-state index contributed by atoms with van der Waals surface area (Å²) in [5.41, 5.74) is 3.86. The minimum Gasteiger partial charge on any atom is -0.110 e. The highest BCUT2D eigenvalue weighted by Gasteiger charge is 2.29. The second-order valence-electron chi connectivity index (χ2n) is 15.8. The first-order valence-electron chi connectivity index (χ1n) is 19.6. The fraction of sp³-hybridized carbons (Fsp3) is 0. The van der Waals surface area contributed by atoms with Crippen LogP contribution < -0.4 is 76.5 Å². The zero-order valence-corrected chi connectivity index (χ0v) is 33.3. The largest absolute Gasteiger partial charge is 0.113 e. The van der Waals surface area contributed by atoms with E-state index in [1.807, 2.05) is 84.9 Å². The number of fused-ring (bicyclic) bond motifs is 7. The maximum absolute atomic E-state index is 7.37. The average molecular weight is 744 g/mol. The van der Waals surface area contributed by atoms with Crippen molar-refractivity contribution >= 4 is 251 Å². The van der Waals surface area contributed by atoms with Crippen LogP contribution >= 0.6 is 0 Å². The van der Waals surface area contributed by atoms with Crippen molar-refractivity contribution in [2.45, 2.75) is 0 Å². The second kappa shape index (κ2) is 14.6. The van der Waals surface area contributed by atoms with Gasteiger partial charge in [0.25, 0.3) is 0 Å². The zero-order chi connectivity index (χ0) is 43.8. The monoisotopic (exact) mass is 746 g/mol. The molecule has 0 nitrogen and oxygen atoms in total. The van der Waals surface area contributed by atoms with Crippen LogP contribution in [0.3, 0.4) is 0 Å². The maximum atomic E-state index is 7.37. The second-order valence-corrected chi connectivity index (χ2v) is 15.8. The molecule has 10 rings (SSSR count). The molecule has 0 spiro atoms. The minimum absolute atomic E-state index is 0.0137. The molecule has 28 radical (unpaired) electrons. The minimum atomic E-state index is 0.0137. The third-order valence-electron chi connectivity index (χ3n) is 12.6. The van der Waals surface area contributed by atoms with E-state index in [2.05, 4.69) is 12.1 Å². The van der Waals surface area contributed by atoms with Gasteiger partial charge in [0.05, 0.1) is 0 Å². The summed E-state index contributed by atoms with van der Waals surface area (Å²) in [6.07, 6.45) is 0. The summed E-state index contributed by atoms with van der Waals surface area (Å²) in [5.74, 6) is 0. The van der Waals surface area contributed by atoms with Crippen molar-refractivity contribution in [1.82, 2.24) is 0 Å². The topological polar surface area (TPSA) is 0 Å². The van der Waals surface area contributed by atoms with Gasteiger partial charge in [0.15, 0.2) is 0 Å². The van der Waals surface area contributed by atoms with Crippen LogP contribution in [-0.4, -0.2) is 110 Å². The van der Waals surface area contributed by atoms with E-state index in [1.54, 1.807) is 0 Å². The van der Waals surface area contributed by atoms with Gasteiger partial charge in [-0.3, -0.25) is 0 Å². The van der Waals surface area contributed by atoms with Gasteiger partial charge in [0.2, 0.25) is 0 Å².